The molecule has 1 saturated heterocycles. The molecule has 0 aromatic heterocycles. The average Bonchev–Trinajstić information content (AvgIpc) is 2.53. The minimum Gasteiger partial charge on any atom is -0.370 e. The number of anilines is 1. The molecule has 0 unspecified atom stereocenters. The first kappa shape index (κ1) is 17.6. The van der Waals surface area contributed by atoms with Gasteiger partial charge in [0.1, 0.15) is 6.54 Å². The standard InChI is InChI=1S/C16H22F3N3O/c1-21(11-15(23)20-12-16(17,18)19)14-8-5-9-22(10-14)13-6-3-2-4-7-13/h2-4,6-7,14H,5,8-12H2,1H3,(H,20,23)/t14-/m0/s1. The molecule has 0 spiro atoms. The van der Waals surface area contributed by atoms with Crippen molar-refractivity contribution in [2.75, 3.05) is 38.1 Å². The fraction of sp³-hybridized carbons (Fsp3) is 0.562. The molecule has 0 saturated carbocycles. The van der Waals surface area contributed by atoms with Crippen molar-refractivity contribution in [3.8, 4) is 0 Å². The number of hydrogen-bond acceptors (Lipinski definition) is 3. The predicted molar refractivity (Wildman–Crippen MR) is 83.4 cm³/mol. The molecule has 1 N–H and O–H groups in total. The number of nitrogens with one attached hydrogen (secondary N) is 1. The van der Waals surface area contributed by atoms with Crippen molar-refractivity contribution >= 4 is 11.6 Å². The molecule has 0 radical (unpaired) electrons. The van der Waals surface area contributed by atoms with Crippen molar-refractivity contribution in [3.63, 3.8) is 0 Å². The van der Waals surface area contributed by atoms with Crippen LogP contribution in [0.15, 0.2) is 30.3 Å². The summed E-state index contributed by atoms with van der Waals surface area (Å²) in [6.45, 7) is 0.422. The van der Waals surface area contributed by atoms with E-state index in [1.165, 1.54) is 0 Å². The van der Waals surface area contributed by atoms with Crippen LogP contribution < -0.4 is 10.2 Å². The third-order valence-electron chi connectivity index (χ3n) is 4.02. The number of rotatable bonds is 5. The molecule has 0 aliphatic carbocycles. The summed E-state index contributed by atoms with van der Waals surface area (Å²) < 4.78 is 36.3. The largest absolute Gasteiger partial charge is 0.405 e. The van der Waals surface area contributed by atoms with Crippen LogP contribution in [0.25, 0.3) is 0 Å². The molecule has 128 valence electrons. The van der Waals surface area contributed by atoms with Crippen LogP contribution in [0, 0.1) is 0 Å². The summed E-state index contributed by atoms with van der Waals surface area (Å²) in [5.41, 5.74) is 1.13. The van der Waals surface area contributed by atoms with Gasteiger partial charge in [0.2, 0.25) is 5.91 Å². The quantitative estimate of drug-likeness (QED) is 0.900. The molecule has 1 aromatic carbocycles. The number of alkyl halides is 3. The van der Waals surface area contributed by atoms with Gasteiger partial charge in [0.15, 0.2) is 0 Å². The zero-order valence-corrected chi connectivity index (χ0v) is 13.1. The second-order valence-corrected chi connectivity index (χ2v) is 5.88. The Morgan fingerprint density at radius 3 is 2.70 bits per heavy atom. The number of hydrogen-bond donors (Lipinski definition) is 1. The second kappa shape index (κ2) is 7.68. The molecular weight excluding hydrogens is 307 g/mol. The SMILES string of the molecule is CN(CC(=O)NCC(F)(F)F)[C@H]1CCCN(c2ccccc2)C1. The van der Waals surface area contributed by atoms with Gasteiger partial charge in [-0.25, -0.2) is 0 Å². The van der Waals surface area contributed by atoms with E-state index >= 15 is 0 Å². The lowest BCUT2D eigenvalue weighted by Gasteiger charge is -2.38. The lowest BCUT2D eigenvalue weighted by molar-refractivity contribution is -0.139. The van der Waals surface area contributed by atoms with Gasteiger partial charge in [0.25, 0.3) is 0 Å². The van der Waals surface area contributed by atoms with Crippen LogP contribution in [0.4, 0.5) is 18.9 Å². The maximum atomic E-state index is 12.1. The zero-order valence-electron chi connectivity index (χ0n) is 13.1. The van der Waals surface area contributed by atoms with Crippen LogP contribution in [0.2, 0.25) is 0 Å². The highest BCUT2D eigenvalue weighted by molar-refractivity contribution is 5.78. The number of carbonyl (C=O) groups excluding carboxylic acids is 1. The van der Waals surface area contributed by atoms with Gasteiger partial charge in [-0.1, -0.05) is 18.2 Å². The molecule has 1 fully saturated rings. The first-order valence-electron chi connectivity index (χ1n) is 7.69. The van der Waals surface area contributed by atoms with Gasteiger partial charge in [-0.3, -0.25) is 9.69 Å². The van der Waals surface area contributed by atoms with E-state index in [-0.39, 0.29) is 12.6 Å². The third-order valence-corrected chi connectivity index (χ3v) is 4.02. The molecule has 23 heavy (non-hydrogen) atoms. The molecule has 2 rings (SSSR count). The molecule has 1 amide bonds. The molecular formula is C16H22F3N3O. The number of amides is 1. The molecule has 1 aliphatic rings. The summed E-state index contributed by atoms with van der Waals surface area (Å²) in [5, 5.41) is 1.92. The van der Waals surface area contributed by atoms with Gasteiger partial charge < -0.3 is 10.2 Å². The Kier molecular flexibility index (Phi) is 5.87. The Morgan fingerprint density at radius 2 is 2.04 bits per heavy atom. The van der Waals surface area contributed by atoms with E-state index < -0.39 is 18.6 Å². The summed E-state index contributed by atoms with van der Waals surface area (Å²) in [5.74, 6) is -0.596. The molecule has 1 atom stereocenters. The van der Waals surface area contributed by atoms with Crippen molar-refractivity contribution in [2.24, 2.45) is 0 Å². The van der Waals surface area contributed by atoms with Crippen LogP contribution in [0.5, 0.6) is 0 Å². The highest BCUT2D eigenvalue weighted by atomic mass is 19.4. The van der Waals surface area contributed by atoms with Crippen LogP contribution in [-0.2, 0) is 4.79 Å². The number of benzene rings is 1. The van der Waals surface area contributed by atoms with Crippen LogP contribution in [0.3, 0.4) is 0 Å². The van der Waals surface area contributed by atoms with Crippen LogP contribution >= 0.6 is 0 Å². The van der Waals surface area contributed by atoms with E-state index in [0.29, 0.717) is 0 Å². The first-order chi connectivity index (χ1) is 10.8. The van der Waals surface area contributed by atoms with E-state index in [4.69, 9.17) is 0 Å². The number of halogens is 3. The molecule has 1 aliphatic heterocycles. The zero-order chi connectivity index (χ0) is 16.9. The van der Waals surface area contributed by atoms with Gasteiger partial charge in [-0.15, -0.1) is 0 Å². The fourth-order valence-electron chi connectivity index (χ4n) is 2.80. The summed E-state index contributed by atoms with van der Waals surface area (Å²) in [6, 6.07) is 10.2. The topological polar surface area (TPSA) is 35.6 Å². The van der Waals surface area contributed by atoms with Crippen LogP contribution in [0.1, 0.15) is 12.8 Å². The van der Waals surface area contributed by atoms with E-state index in [0.717, 1.165) is 31.6 Å². The van der Waals surface area contributed by atoms with Crippen molar-refractivity contribution in [1.82, 2.24) is 10.2 Å². The van der Waals surface area contributed by atoms with E-state index in [1.54, 1.807) is 7.05 Å². The molecule has 1 aromatic rings. The van der Waals surface area contributed by atoms with Crippen molar-refractivity contribution < 1.29 is 18.0 Å². The predicted octanol–water partition coefficient (Wildman–Crippen LogP) is 2.27. The average molecular weight is 329 g/mol. The molecule has 4 nitrogen and oxygen atoms in total. The van der Waals surface area contributed by atoms with Gasteiger partial charge in [-0.2, -0.15) is 13.2 Å². The Bertz CT molecular complexity index is 507. The number of carbonyl (C=O) groups is 1. The highest BCUT2D eigenvalue weighted by Crippen LogP contribution is 2.21. The monoisotopic (exact) mass is 329 g/mol. The molecule has 7 heteroatoms. The van der Waals surface area contributed by atoms with Gasteiger partial charge in [0, 0.05) is 24.8 Å². The van der Waals surface area contributed by atoms with E-state index in [1.807, 2.05) is 40.5 Å². The maximum Gasteiger partial charge on any atom is 0.405 e. The molecule has 1 heterocycles. The highest BCUT2D eigenvalue weighted by Gasteiger charge is 2.29. The van der Waals surface area contributed by atoms with Gasteiger partial charge in [-0.05, 0) is 32.0 Å². The minimum atomic E-state index is -4.37. The van der Waals surface area contributed by atoms with Crippen molar-refractivity contribution in [1.29, 1.82) is 0 Å². The Balaban J connectivity index is 1.84. The van der Waals surface area contributed by atoms with Gasteiger partial charge in [0.05, 0.1) is 6.54 Å². The van der Waals surface area contributed by atoms with Gasteiger partial charge >= 0.3 is 6.18 Å². The van der Waals surface area contributed by atoms with Crippen molar-refractivity contribution in [3.05, 3.63) is 30.3 Å². The lowest BCUT2D eigenvalue weighted by Crippen LogP contribution is -2.50. The number of piperidine rings is 1. The Hall–Kier alpha value is -1.76. The fourth-order valence-corrected chi connectivity index (χ4v) is 2.80. The van der Waals surface area contributed by atoms with Crippen LogP contribution in [-0.4, -0.2) is 56.3 Å². The summed E-state index contributed by atoms with van der Waals surface area (Å²) >= 11 is 0. The lowest BCUT2D eigenvalue weighted by atomic mass is 10.0. The second-order valence-electron chi connectivity index (χ2n) is 5.88. The summed E-state index contributed by atoms with van der Waals surface area (Å²) in [7, 11) is 1.78. The van der Waals surface area contributed by atoms with E-state index in [2.05, 4.69) is 4.90 Å². The first-order valence-corrected chi connectivity index (χ1v) is 7.69. The third kappa shape index (κ3) is 5.74. The summed E-state index contributed by atoms with van der Waals surface area (Å²) in [6.07, 6.45) is -2.44. The minimum absolute atomic E-state index is 0.0244. The normalized spacial score (nSPS) is 19.0. The number of para-hydroxylation sites is 1. The number of nitrogens with zero attached hydrogens (tertiary/aromatic N) is 2. The maximum absolute atomic E-state index is 12.1. The summed E-state index contributed by atoms with van der Waals surface area (Å²) in [4.78, 5) is 15.7. The van der Waals surface area contributed by atoms with Crippen molar-refractivity contribution in [2.45, 2.75) is 25.1 Å². The smallest absolute Gasteiger partial charge is 0.370 e. The molecule has 0 bridgehead atoms. The van der Waals surface area contributed by atoms with E-state index in [9.17, 15) is 18.0 Å². The number of likely N-dealkylation sites (N-methyl/N-ethyl adjacent to an activating group) is 1. The Morgan fingerprint density at radius 1 is 1.35 bits per heavy atom. The Labute approximate surface area is 134 Å².